The Morgan fingerprint density at radius 3 is 2.80 bits per heavy atom. The van der Waals surface area contributed by atoms with E-state index >= 15 is 0 Å². The fourth-order valence-corrected chi connectivity index (χ4v) is 2.86. The van der Waals surface area contributed by atoms with Crippen LogP contribution in [0.5, 0.6) is 5.75 Å². The quantitative estimate of drug-likeness (QED) is 0.768. The first-order valence-electron chi connectivity index (χ1n) is 6.53. The van der Waals surface area contributed by atoms with E-state index in [1.54, 1.807) is 16.6 Å². The predicted octanol–water partition coefficient (Wildman–Crippen LogP) is 2.06. The molecule has 0 saturated heterocycles. The monoisotopic (exact) mass is 287 g/mol. The number of nitrogens with zero attached hydrogens (tertiary/aromatic N) is 4. The van der Waals surface area contributed by atoms with E-state index in [9.17, 15) is 5.11 Å². The SMILES string of the molecule is Oc1ccc(Cc2nnc3sc(NC4CC4)nn23)cc1. The van der Waals surface area contributed by atoms with Crippen LogP contribution in [-0.4, -0.2) is 31.0 Å². The van der Waals surface area contributed by atoms with Gasteiger partial charge in [0, 0.05) is 12.5 Å². The highest BCUT2D eigenvalue weighted by Crippen LogP contribution is 2.27. The van der Waals surface area contributed by atoms with Gasteiger partial charge in [0.1, 0.15) is 5.75 Å². The minimum atomic E-state index is 0.268. The topological polar surface area (TPSA) is 75.3 Å². The molecule has 0 atom stereocenters. The lowest BCUT2D eigenvalue weighted by atomic mass is 10.1. The molecule has 2 aromatic heterocycles. The summed E-state index contributed by atoms with van der Waals surface area (Å²) in [5.41, 5.74) is 1.07. The maximum absolute atomic E-state index is 9.30. The zero-order valence-corrected chi connectivity index (χ0v) is 11.5. The molecule has 3 aromatic rings. The third-order valence-corrected chi connectivity index (χ3v) is 4.09. The molecule has 102 valence electrons. The fraction of sp³-hybridized carbons (Fsp3) is 0.308. The van der Waals surface area contributed by atoms with E-state index < -0.39 is 0 Å². The highest BCUT2D eigenvalue weighted by molar-refractivity contribution is 7.20. The summed E-state index contributed by atoms with van der Waals surface area (Å²) in [6.07, 6.45) is 3.09. The number of hydrogen-bond donors (Lipinski definition) is 2. The van der Waals surface area contributed by atoms with Crippen LogP contribution in [0.1, 0.15) is 24.2 Å². The van der Waals surface area contributed by atoms with Crippen molar-refractivity contribution in [2.24, 2.45) is 0 Å². The third-order valence-electron chi connectivity index (χ3n) is 3.26. The second-order valence-corrected chi connectivity index (χ2v) is 5.94. The zero-order valence-electron chi connectivity index (χ0n) is 10.7. The Labute approximate surface area is 119 Å². The minimum Gasteiger partial charge on any atom is -0.508 e. The van der Waals surface area contributed by atoms with E-state index in [1.165, 1.54) is 24.2 Å². The van der Waals surface area contributed by atoms with Gasteiger partial charge in [-0.1, -0.05) is 23.5 Å². The highest BCUT2D eigenvalue weighted by atomic mass is 32.1. The Morgan fingerprint density at radius 2 is 2.05 bits per heavy atom. The van der Waals surface area contributed by atoms with Gasteiger partial charge >= 0.3 is 0 Å². The summed E-state index contributed by atoms with van der Waals surface area (Å²) >= 11 is 1.53. The number of phenols is 1. The molecule has 1 aliphatic rings. The average Bonchev–Trinajstić information content (AvgIpc) is 3.04. The van der Waals surface area contributed by atoms with Crippen molar-refractivity contribution in [1.29, 1.82) is 0 Å². The number of fused-ring (bicyclic) bond motifs is 1. The summed E-state index contributed by atoms with van der Waals surface area (Å²) in [7, 11) is 0. The van der Waals surface area contributed by atoms with Crippen LogP contribution in [0.2, 0.25) is 0 Å². The van der Waals surface area contributed by atoms with Gasteiger partial charge in [0.05, 0.1) is 0 Å². The maximum atomic E-state index is 9.30. The molecule has 6 nitrogen and oxygen atoms in total. The van der Waals surface area contributed by atoms with Crippen LogP contribution in [-0.2, 0) is 6.42 Å². The minimum absolute atomic E-state index is 0.268. The summed E-state index contributed by atoms with van der Waals surface area (Å²) in [5, 5.41) is 26.4. The van der Waals surface area contributed by atoms with Crippen LogP contribution in [0.15, 0.2) is 24.3 Å². The van der Waals surface area contributed by atoms with Crippen molar-refractivity contribution >= 4 is 21.4 Å². The molecule has 0 radical (unpaired) electrons. The van der Waals surface area contributed by atoms with E-state index in [0.29, 0.717) is 12.5 Å². The summed E-state index contributed by atoms with van der Waals surface area (Å²) in [6, 6.07) is 7.70. The van der Waals surface area contributed by atoms with Crippen molar-refractivity contribution in [3.8, 4) is 5.75 Å². The van der Waals surface area contributed by atoms with Crippen molar-refractivity contribution < 1.29 is 5.11 Å². The third kappa shape index (κ3) is 2.20. The Hall–Kier alpha value is -2.15. The van der Waals surface area contributed by atoms with Gasteiger partial charge in [-0.3, -0.25) is 0 Å². The summed E-state index contributed by atoms with van der Waals surface area (Å²) < 4.78 is 1.79. The molecular formula is C13H13N5OS. The number of nitrogens with one attached hydrogen (secondary N) is 1. The van der Waals surface area contributed by atoms with Crippen molar-refractivity contribution in [3.05, 3.63) is 35.7 Å². The standard InChI is InChI=1S/C13H13N5OS/c19-10-5-1-8(2-6-10)7-11-15-16-13-18(11)17-12(20-13)14-9-3-4-9/h1-2,5-6,9,19H,3-4,7H2,(H,14,17). The molecule has 1 fully saturated rings. The summed E-state index contributed by atoms with van der Waals surface area (Å²) in [4.78, 5) is 0.807. The number of benzene rings is 1. The molecule has 2 N–H and O–H groups in total. The number of rotatable bonds is 4. The number of phenolic OH excluding ortho intramolecular Hbond substituents is 1. The second-order valence-electron chi connectivity index (χ2n) is 4.98. The second kappa shape index (κ2) is 4.45. The molecule has 20 heavy (non-hydrogen) atoms. The first-order valence-corrected chi connectivity index (χ1v) is 7.35. The fourth-order valence-electron chi connectivity index (χ4n) is 2.02. The van der Waals surface area contributed by atoms with Gasteiger partial charge in [-0.25, -0.2) is 0 Å². The predicted molar refractivity (Wildman–Crippen MR) is 76.2 cm³/mol. The molecule has 0 aliphatic heterocycles. The van der Waals surface area contributed by atoms with Crippen molar-refractivity contribution in [1.82, 2.24) is 19.8 Å². The molecule has 4 rings (SSSR count). The van der Waals surface area contributed by atoms with Crippen molar-refractivity contribution in [3.63, 3.8) is 0 Å². The highest BCUT2D eigenvalue weighted by Gasteiger charge is 2.23. The Balaban J connectivity index is 1.61. The largest absolute Gasteiger partial charge is 0.508 e. The maximum Gasteiger partial charge on any atom is 0.236 e. The molecule has 0 bridgehead atoms. The van der Waals surface area contributed by atoms with E-state index in [2.05, 4.69) is 20.6 Å². The molecule has 1 aliphatic carbocycles. The summed E-state index contributed by atoms with van der Waals surface area (Å²) in [6.45, 7) is 0. The number of anilines is 1. The average molecular weight is 287 g/mol. The molecule has 0 amide bonds. The van der Waals surface area contributed by atoms with Crippen LogP contribution in [0.4, 0.5) is 5.13 Å². The Morgan fingerprint density at radius 1 is 1.25 bits per heavy atom. The van der Waals surface area contributed by atoms with Crippen LogP contribution >= 0.6 is 11.3 Å². The van der Waals surface area contributed by atoms with E-state index in [1.807, 2.05) is 12.1 Å². The number of aromatic hydroxyl groups is 1. The van der Waals surface area contributed by atoms with Crippen molar-refractivity contribution in [2.45, 2.75) is 25.3 Å². The molecular weight excluding hydrogens is 274 g/mol. The van der Waals surface area contributed by atoms with Gasteiger partial charge in [0.15, 0.2) is 5.82 Å². The normalized spacial score (nSPS) is 14.8. The number of hydrogen-bond acceptors (Lipinski definition) is 6. The van der Waals surface area contributed by atoms with E-state index in [0.717, 1.165) is 21.5 Å². The van der Waals surface area contributed by atoms with E-state index in [4.69, 9.17) is 0 Å². The smallest absolute Gasteiger partial charge is 0.236 e. The molecule has 2 heterocycles. The van der Waals surface area contributed by atoms with E-state index in [-0.39, 0.29) is 5.75 Å². The van der Waals surface area contributed by atoms with Gasteiger partial charge in [-0.15, -0.1) is 15.3 Å². The Kier molecular flexibility index (Phi) is 2.59. The molecule has 0 unspecified atom stereocenters. The molecule has 1 aromatic carbocycles. The van der Waals surface area contributed by atoms with Crippen LogP contribution in [0.25, 0.3) is 4.96 Å². The van der Waals surface area contributed by atoms with Crippen LogP contribution in [0, 0.1) is 0 Å². The molecule has 7 heteroatoms. The zero-order chi connectivity index (χ0) is 13.5. The Bertz CT molecular complexity index is 744. The van der Waals surface area contributed by atoms with Crippen LogP contribution < -0.4 is 5.32 Å². The summed E-state index contributed by atoms with van der Waals surface area (Å²) in [5.74, 6) is 1.08. The first-order chi connectivity index (χ1) is 9.78. The van der Waals surface area contributed by atoms with Gasteiger partial charge in [0.25, 0.3) is 0 Å². The lowest BCUT2D eigenvalue weighted by Gasteiger charge is -1.99. The first kappa shape index (κ1) is 11.7. The van der Waals surface area contributed by atoms with Gasteiger partial charge < -0.3 is 10.4 Å². The lowest BCUT2D eigenvalue weighted by Crippen LogP contribution is -2.02. The number of aromatic nitrogens is 4. The van der Waals surface area contributed by atoms with Gasteiger partial charge in [-0.2, -0.15) is 4.52 Å². The van der Waals surface area contributed by atoms with Gasteiger partial charge in [-0.05, 0) is 30.5 Å². The van der Waals surface area contributed by atoms with Crippen LogP contribution in [0.3, 0.4) is 0 Å². The molecule has 1 saturated carbocycles. The molecule has 0 spiro atoms. The van der Waals surface area contributed by atoms with Crippen molar-refractivity contribution in [2.75, 3.05) is 5.32 Å². The lowest BCUT2D eigenvalue weighted by molar-refractivity contribution is 0.475. The van der Waals surface area contributed by atoms with Gasteiger partial charge in [0.2, 0.25) is 10.1 Å².